The number of aromatic nitrogens is 1. The molecule has 3 heterocycles. The van der Waals surface area contributed by atoms with Crippen molar-refractivity contribution in [1.82, 2.24) is 20.5 Å². The zero-order valence-corrected chi connectivity index (χ0v) is 28.2. The molecule has 0 radical (unpaired) electrons. The molecule has 0 spiro atoms. The first-order valence-corrected chi connectivity index (χ1v) is 17.4. The van der Waals surface area contributed by atoms with Gasteiger partial charge in [-0.3, -0.25) is 15.0 Å². The number of β-lactam (4-membered cyclic amide) rings is 1. The van der Waals surface area contributed by atoms with Crippen LogP contribution < -0.4 is 16.0 Å². The maximum atomic E-state index is 14.1. The molecule has 2 aliphatic heterocycles. The van der Waals surface area contributed by atoms with E-state index in [4.69, 9.17) is 9.47 Å². The highest BCUT2D eigenvalue weighted by Crippen LogP contribution is 2.43. The predicted molar refractivity (Wildman–Crippen MR) is 180 cm³/mol. The second kappa shape index (κ2) is 14.6. The van der Waals surface area contributed by atoms with Crippen molar-refractivity contribution in [2.75, 3.05) is 23.9 Å². The quantitative estimate of drug-likeness (QED) is 0.138. The van der Waals surface area contributed by atoms with Gasteiger partial charge in [0, 0.05) is 18.6 Å². The van der Waals surface area contributed by atoms with Gasteiger partial charge in [-0.2, -0.15) is 0 Å². The number of carbonyl (C=O) groups is 4. The minimum absolute atomic E-state index is 0.208. The normalized spacial score (nSPS) is 17.6. The Morgan fingerprint density at radius 2 is 1.72 bits per heavy atom. The summed E-state index contributed by atoms with van der Waals surface area (Å²) in [4.78, 5) is 57.5. The molecule has 242 valence electrons. The first-order chi connectivity index (χ1) is 22.0. The van der Waals surface area contributed by atoms with E-state index in [2.05, 4.69) is 20.9 Å². The minimum Gasteiger partial charge on any atom is -0.448 e. The van der Waals surface area contributed by atoms with E-state index >= 15 is 0 Å². The van der Waals surface area contributed by atoms with E-state index in [1.165, 1.54) is 46.8 Å². The van der Waals surface area contributed by atoms with Gasteiger partial charge in [0.25, 0.3) is 5.91 Å². The number of alkyl carbamates (subject to hydrolysis) is 1. The summed E-state index contributed by atoms with van der Waals surface area (Å²) in [5.74, 6) is 0.0614. The van der Waals surface area contributed by atoms with E-state index in [9.17, 15) is 19.2 Å². The monoisotopic (exact) mass is 681 g/mol. The lowest BCUT2D eigenvalue weighted by Crippen LogP contribution is -2.70. The van der Waals surface area contributed by atoms with E-state index in [1.807, 2.05) is 60.7 Å². The van der Waals surface area contributed by atoms with Crippen LogP contribution in [-0.4, -0.2) is 69.5 Å². The third-order valence-corrected chi connectivity index (χ3v) is 10.4. The number of nitrogens with one attached hydrogen (secondary N) is 3. The lowest BCUT2D eigenvalue weighted by Gasteiger charge is -2.49. The van der Waals surface area contributed by atoms with Gasteiger partial charge in [-0.1, -0.05) is 72.0 Å². The van der Waals surface area contributed by atoms with Gasteiger partial charge < -0.3 is 20.1 Å². The van der Waals surface area contributed by atoms with Crippen molar-refractivity contribution in [3.8, 4) is 0 Å². The Kier molecular flexibility index (Phi) is 10.6. The SMILES string of the molecule is CNC(=O)Nc1ncc(SCCC2=C(C(=O)OC(c3ccccc3)c3ccccc3)N3C(=O)[C@@H](NC(=O)OC(C)(C)C)[C@H]3SC2)s1. The smallest absolute Gasteiger partial charge is 0.408 e. The van der Waals surface area contributed by atoms with Crippen molar-refractivity contribution in [3.63, 3.8) is 0 Å². The minimum atomic E-state index is -0.832. The molecule has 0 bridgehead atoms. The largest absolute Gasteiger partial charge is 0.448 e. The van der Waals surface area contributed by atoms with E-state index in [0.717, 1.165) is 20.9 Å². The van der Waals surface area contributed by atoms with Crippen molar-refractivity contribution in [2.24, 2.45) is 0 Å². The lowest BCUT2D eigenvalue weighted by molar-refractivity contribution is -0.153. The Hall–Kier alpha value is -4.01. The fourth-order valence-corrected chi connectivity index (χ4v) is 8.20. The molecule has 4 amide bonds. The summed E-state index contributed by atoms with van der Waals surface area (Å²) in [6.45, 7) is 5.25. The molecule has 11 nitrogen and oxygen atoms in total. The van der Waals surface area contributed by atoms with Crippen LogP contribution in [0.2, 0.25) is 0 Å². The van der Waals surface area contributed by atoms with Crippen molar-refractivity contribution < 1.29 is 28.7 Å². The highest BCUT2D eigenvalue weighted by atomic mass is 32.2. The average molecular weight is 682 g/mol. The van der Waals surface area contributed by atoms with E-state index in [-0.39, 0.29) is 11.7 Å². The maximum Gasteiger partial charge on any atom is 0.408 e. The molecule has 0 unspecified atom stereocenters. The summed E-state index contributed by atoms with van der Waals surface area (Å²) in [7, 11) is 1.53. The van der Waals surface area contributed by atoms with Crippen molar-refractivity contribution in [1.29, 1.82) is 0 Å². The molecule has 1 aromatic heterocycles. The Bertz CT molecular complexity index is 1570. The van der Waals surface area contributed by atoms with Gasteiger partial charge in [-0.15, -0.1) is 23.5 Å². The number of hydrogen-bond donors (Lipinski definition) is 3. The summed E-state index contributed by atoms with van der Waals surface area (Å²) >= 11 is 4.37. The number of fused-ring (bicyclic) bond motifs is 1. The van der Waals surface area contributed by atoms with Crippen LogP contribution in [0.4, 0.5) is 14.7 Å². The summed E-state index contributed by atoms with van der Waals surface area (Å²) in [6.07, 6.45) is 0.803. The predicted octanol–water partition coefficient (Wildman–Crippen LogP) is 5.77. The van der Waals surface area contributed by atoms with Crippen LogP contribution in [0.1, 0.15) is 44.4 Å². The van der Waals surface area contributed by atoms with E-state index in [1.54, 1.807) is 27.0 Å². The number of rotatable bonds is 10. The molecule has 0 aliphatic carbocycles. The molecule has 14 heteroatoms. The Labute approximate surface area is 279 Å². The first-order valence-electron chi connectivity index (χ1n) is 14.6. The zero-order valence-electron chi connectivity index (χ0n) is 25.8. The third kappa shape index (κ3) is 8.03. The highest BCUT2D eigenvalue weighted by molar-refractivity contribution is 8.01. The Morgan fingerprint density at radius 3 is 2.33 bits per heavy atom. The molecule has 2 aromatic carbocycles. The van der Waals surface area contributed by atoms with Crippen molar-refractivity contribution >= 4 is 64.0 Å². The van der Waals surface area contributed by atoms with Gasteiger partial charge in [0.1, 0.15) is 22.7 Å². The fourth-order valence-electron chi connectivity index (χ4n) is 4.86. The van der Waals surface area contributed by atoms with Crippen LogP contribution in [-0.2, 0) is 19.1 Å². The van der Waals surface area contributed by atoms with Crippen LogP contribution in [0.3, 0.4) is 0 Å². The number of amides is 4. The third-order valence-electron chi connectivity index (χ3n) is 6.92. The van der Waals surface area contributed by atoms with Gasteiger partial charge in [-0.05, 0) is 43.9 Å². The molecule has 0 saturated carbocycles. The molecule has 46 heavy (non-hydrogen) atoms. The first kappa shape index (κ1) is 33.4. The van der Waals surface area contributed by atoms with Gasteiger partial charge in [0.05, 0.1) is 10.4 Å². The number of benzene rings is 2. The van der Waals surface area contributed by atoms with Gasteiger partial charge >= 0.3 is 18.1 Å². The Morgan fingerprint density at radius 1 is 1.07 bits per heavy atom. The highest BCUT2D eigenvalue weighted by Gasteiger charge is 2.55. The van der Waals surface area contributed by atoms with Crippen LogP contribution >= 0.6 is 34.9 Å². The van der Waals surface area contributed by atoms with E-state index < -0.39 is 41.1 Å². The molecule has 1 saturated heterocycles. The van der Waals surface area contributed by atoms with Gasteiger partial charge in [0.15, 0.2) is 11.2 Å². The number of thiazole rings is 1. The van der Waals surface area contributed by atoms with Crippen LogP contribution in [0.5, 0.6) is 0 Å². The number of urea groups is 1. The van der Waals surface area contributed by atoms with Gasteiger partial charge in [-0.25, -0.2) is 19.4 Å². The molecule has 3 aromatic rings. The molecule has 3 N–H and O–H groups in total. The van der Waals surface area contributed by atoms with Gasteiger partial charge in [0.2, 0.25) is 0 Å². The number of carbonyl (C=O) groups excluding carboxylic acids is 4. The van der Waals surface area contributed by atoms with E-state index in [0.29, 0.717) is 23.1 Å². The zero-order chi connectivity index (χ0) is 32.8. The second-order valence-corrected chi connectivity index (χ2v) is 14.9. The summed E-state index contributed by atoms with van der Waals surface area (Å²) in [5, 5.41) is 7.83. The standard InChI is InChI=1S/C32H35N5O6S3/c1-32(2,3)43-31(41)35-23-26(38)37-24(28(39)42-25(19-11-7-5-8-12-19)20-13-9-6-10-14-20)21(18-45-27(23)37)15-16-44-22-17-34-30(46-22)36-29(40)33-4/h5-14,17,23,25,27H,15-16,18H2,1-4H3,(H,35,41)(H2,33,34,36,40)/t23-,27-/m1/s1. The number of ether oxygens (including phenoxy) is 2. The maximum absolute atomic E-state index is 14.1. The number of nitrogens with zero attached hydrogens (tertiary/aromatic N) is 2. The lowest BCUT2D eigenvalue weighted by atomic mass is 10.00. The molecule has 1 fully saturated rings. The second-order valence-electron chi connectivity index (χ2n) is 11.4. The van der Waals surface area contributed by atoms with Crippen LogP contribution in [0.15, 0.2) is 82.3 Å². The molecule has 5 rings (SSSR count). The summed E-state index contributed by atoms with van der Waals surface area (Å²) in [6, 6.07) is 17.7. The number of esters is 1. The topological polar surface area (TPSA) is 139 Å². The Balaban J connectivity index is 1.38. The number of anilines is 1. The number of hydrogen-bond acceptors (Lipinski definition) is 10. The van der Waals surface area contributed by atoms with Crippen molar-refractivity contribution in [3.05, 3.63) is 89.3 Å². The summed E-state index contributed by atoms with van der Waals surface area (Å²) < 4.78 is 12.5. The number of thioether (sulfide) groups is 2. The molecular weight excluding hydrogens is 647 g/mol. The van der Waals surface area contributed by atoms with Crippen molar-refractivity contribution in [2.45, 2.75) is 54.5 Å². The van der Waals surface area contributed by atoms with Crippen LogP contribution in [0.25, 0.3) is 0 Å². The molecule has 2 atom stereocenters. The average Bonchev–Trinajstić information content (AvgIpc) is 3.48. The summed E-state index contributed by atoms with van der Waals surface area (Å²) in [5.41, 5.74) is 1.85. The fraction of sp³-hybridized carbons (Fsp3) is 0.344. The van der Waals surface area contributed by atoms with Crippen LogP contribution in [0, 0.1) is 0 Å². The molecule has 2 aliphatic rings. The molecular formula is C32H35N5O6S3.